The van der Waals surface area contributed by atoms with Gasteiger partial charge >= 0.3 is 11.8 Å². The van der Waals surface area contributed by atoms with E-state index in [4.69, 9.17) is 5.11 Å². The maximum absolute atomic E-state index is 12.8. The van der Waals surface area contributed by atoms with Gasteiger partial charge in [0, 0.05) is 17.8 Å². The van der Waals surface area contributed by atoms with E-state index < -0.39 is 29.5 Å². The summed E-state index contributed by atoms with van der Waals surface area (Å²) < 4.78 is 25.6. The molecule has 0 aliphatic rings. The second-order valence-electron chi connectivity index (χ2n) is 3.67. The fourth-order valence-corrected chi connectivity index (χ4v) is 1.15. The Kier molecular flexibility index (Phi) is 4.73. The van der Waals surface area contributed by atoms with Crippen LogP contribution in [-0.4, -0.2) is 29.6 Å². The summed E-state index contributed by atoms with van der Waals surface area (Å²) in [7, 11) is 0. The summed E-state index contributed by atoms with van der Waals surface area (Å²) in [5, 5.41) is 12.9. The predicted molar refractivity (Wildman–Crippen MR) is 59.7 cm³/mol. The third-order valence-electron chi connectivity index (χ3n) is 1.98. The van der Waals surface area contributed by atoms with Crippen molar-refractivity contribution in [2.24, 2.45) is 0 Å². The van der Waals surface area contributed by atoms with Gasteiger partial charge < -0.3 is 15.7 Å². The fraction of sp³-hybridized carbons (Fsp3) is 0.273. The van der Waals surface area contributed by atoms with Crippen LogP contribution < -0.4 is 10.6 Å². The second-order valence-corrected chi connectivity index (χ2v) is 3.67. The van der Waals surface area contributed by atoms with Crippen molar-refractivity contribution in [3.05, 3.63) is 29.8 Å². The van der Waals surface area contributed by atoms with E-state index in [2.05, 4.69) is 5.32 Å². The third-order valence-corrected chi connectivity index (χ3v) is 1.98. The molecule has 1 rings (SSSR count). The van der Waals surface area contributed by atoms with Gasteiger partial charge in [0.1, 0.15) is 11.6 Å². The molecule has 0 fully saturated rings. The molecule has 0 saturated carbocycles. The van der Waals surface area contributed by atoms with Gasteiger partial charge in [-0.25, -0.2) is 8.78 Å². The van der Waals surface area contributed by atoms with Crippen molar-refractivity contribution in [3.8, 4) is 0 Å². The Morgan fingerprint density at radius 1 is 1.22 bits per heavy atom. The monoisotopic (exact) mass is 258 g/mol. The number of halogens is 2. The van der Waals surface area contributed by atoms with Gasteiger partial charge in [-0.1, -0.05) is 0 Å². The Bertz CT molecular complexity index is 445. The van der Waals surface area contributed by atoms with Gasteiger partial charge in [-0.3, -0.25) is 9.59 Å². The number of carbonyl (C=O) groups excluding carboxylic acids is 2. The van der Waals surface area contributed by atoms with Crippen LogP contribution in [0.3, 0.4) is 0 Å². The largest absolute Gasteiger partial charge is 0.394 e. The molecule has 1 aromatic rings. The minimum Gasteiger partial charge on any atom is -0.394 e. The van der Waals surface area contributed by atoms with Crippen LogP contribution >= 0.6 is 0 Å². The van der Waals surface area contributed by atoms with Gasteiger partial charge in [0.05, 0.1) is 6.61 Å². The highest BCUT2D eigenvalue weighted by molar-refractivity contribution is 6.39. The van der Waals surface area contributed by atoms with Gasteiger partial charge in [0.15, 0.2) is 0 Å². The van der Waals surface area contributed by atoms with Gasteiger partial charge in [0.25, 0.3) is 0 Å². The first kappa shape index (κ1) is 14.0. The molecule has 0 bridgehead atoms. The number of hydrogen-bond acceptors (Lipinski definition) is 3. The van der Waals surface area contributed by atoms with Crippen LogP contribution in [0.25, 0.3) is 0 Å². The highest BCUT2D eigenvalue weighted by Crippen LogP contribution is 2.12. The number of nitrogens with one attached hydrogen (secondary N) is 2. The maximum atomic E-state index is 12.8. The number of amides is 2. The normalized spacial score (nSPS) is 11.8. The number of carbonyl (C=O) groups is 2. The average molecular weight is 258 g/mol. The average Bonchev–Trinajstić information content (AvgIpc) is 2.27. The number of benzene rings is 1. The number of aliphatic hydroxyl groups excluding tert-OH is 1. The SMILES string of the molecule is CC(CO)NC(=O)C(=O)Nc1cc(F)cc(F)c1. The molecule has 1 atom stereocenters. The van der Waals surface area contributed by atoms with E-state index in [1.54, 1.807) is 0 Å². The molecule has 0 aliphatic heterocycles. The molecule has 1 unspecified atom stereocenters. The van der Waals surface area contributed by atoms with Gasteiger partial charge in [-0.15, -0.1) is 0 Å². The van der Waals surface area contributed by atoms with E-state index in [0.717, 1.165) is 12.1 Å². The lowest BCUT2D eigenvalue weighted by molar-refractivity contribution is -0.136. The molecule has 0 aliphatic carbocycles. The third kappa shape index (κ3) is 4.10. The summed E-state index contributed by atoms with van der Waals surface area (Å²) in [4.78, 5) is 22.6. The van der Waals surface area contributed by atoms with E-state index in [9.17, 15) is 18.4 Å². The van der Waals surface area contributed by atoms with Crippen molar-refractivity contribution in [1.29, 1.82) is 0 Å². The van der Waals surface area contributed by atoms with E-state index in [1.165, 1.54) is 6.92 Å². The van der Waals surface area contributed by atoms with Crippen molar-refractivity contribution < 1.29 is 23.5 Å². The quantitative estimate of drug-likeness (QED) is 0.687. The van der Waals surface area contributed by atoms with Crippen molar-refractivity contribution in [3.63, 3.8) is 0 Å². The molecule has 0 aromatic heterocycles. The van der Waals surface area contributed by atoms with E-state index in [0.29, 0.717) is 6.07 Å². The topological polar surface area (TPSA) is 78.4 Å². The van der Waals surface area contributed by atoms with E-state index in [-0.39, 0.29) is 12.3 Å². The minimum absolute atomic E-state index is 0.163. The first-order valence-corrected chi connectivity index (χ1v) is 5.11. The lowest BCUT2D eigenvalue weighted by atomic mass is 10.3. The van der Waals surface area contributed by atoms with Gasteiger partial charge in [-0.2, -0.15) is 0 Å². The van der Waals surface area contributed by atoms with Crippen LogP contribution in [0.5, 0.6) is 0 Å². The van der Waals surface area contributed by atoms with Crippen molar-refractivity contribution >= 4 is 17.5 Å². The van der Waals surface area contributed by atoms with Crippen molar-refractivity contribution in [2.45, 2.75) is 13.0 Å². The molecule has 0 saturated heterocycles. The van der Waals surface area contributed by atoms with Crippen LogP contribution in [-0.2, 0) is 9.59 Å². The molecule has 5 nitrogen and oxygen atoms in total. The van der Waals surface area contributed by atoms with Crippen LogP contribution in [0.4, 0.5) is 14.5 Å². The Morgan fingerprint density at radius 2 is 1.78 bits per heavy atom. The number of anilines is 1. The summed E-state index contributed by atoms with van der Waals surface area (Å²) in [6, 6.07) is 1.81. The molecule has 1 aromatic carbocycles. The summed E-state index contributed by atoms with van der Waals surface area (Å²) in [5.74, 6) is -3.80. The summed E-state index contributed by atoms with van der Waals surface area (Å²) >= 11 is 0. The molecule has 0 radical (unpaired) electrons. The molecular formula is C11H12F2N2O3. The molecule has 0 heterocycles. The zero-order valence-corrected chi connectivity index (χ0v) is 9.54. The predicted octanol–water partition coefficient (Wildman–Crippen LogP) is 0.400. The molecule has 2 amide bonds. The Hall–Kier alpha value is -2.02. The van der Waals surface area contributed by atoms with Crippen LogP contribution in [0.1, 0.15) is 6.92 Å². The number of aliphatic hydroxyl groups is 1. The standard InChI is InChI=1S/C11H12F2N2O3/c1-6(5-16)14-10(17)11(18)15-9-3-7(12)2-8(13)4-9/h2-4,6,16H,5H2,1H3,(H,14,17)(H,15,18). The Labute approximate surface area is 102 Å². The lowest BCUT2D eigenvalue weighted by Crippen LogP contribution is -2.42. The summed E-state index contributed by atoms with van der Waals surface area (Å²) in [6.07, 6.45) is 0. The highest BCUT2D eigenvalue weighted by atomic mass is 19.1. The maximum Gasteiger partial charge on any atom is 0.313 e. The van der Waals surface area contributed by atoms with E-state index in [1.807, 2.05) is 5.32 Å². The lowest BCUT2D eigenvalue weighted by Gasteiger charge is -2.10. The summed E-state index contributed by atoms with van der Waals surface area (Å²) in [6.45, 7) is 1.17. The number of rotatable bonds is 3. The highest BCUT2D eigenvalue weighted by Gasteiger charge is 2.16. The van der Waals surface area contributed by atoms with Gasteiger partial charge in [0.2, 0.25) is 0 Å². The van der Waals surface area contributed by atoms with Crippen LogP contribution in [0.2, 0.25) is 0 Å². The van der Waals surface area contributed by atoms with Crippen LogP contribution in [0.15, 0.2) is 18.2 Å². The molecule has 3 N–H and O–H groups in total. The molecule has 98 valence electrons. The van der Waals surface area contributed by atoms with E-state index >= 15 is 0 Å². The smallest absolute Gasteiger partial charge is 0.313 e. The molecule has 7 heteroatoms. The Balaban J connectivity index is 2.66. The zero-order valence-electron chi connectivity index (χ0n) is 9.54. The summed E-state index contributed by atoms with van der Waals surface area (Å²) in [5.41, 5.74) is -0.163. The second kappa shape index (κ2) is 6.06. The molecule has 0 spiro atoms. The fourth-order valence-electron chi connectivity index (χ4n) is 1.15. The zero-order chi connectivity index (χ0) is 13.7. The minimum atomic E-state index is -1.07. The number of hydrogen-bond donors (Lipinski definition) is 3. The molecule has 18 heavy (non-hydrogen) atoms. The van der Waals surface area contributed by atoms with Gasteiger partial charge in [-0.05, 0) is 19.1 Å². The molecular weight excluding hydrogens is 246 g/mol. The van der Waals surface area contributed by atoms with Crippen molar-refractivity contribution in [1.82, 2.24) is 5.32 Å². The first-order valence-electron chi connectivity index (χ1n) is 5.11. The first-order chi connectivity index (χ1) is 8.42. The van der Waals surface area contributed by atoms with Crippen LogP contribution in [0, 0.1) is 11.6 Å². The van der Waals surface area contributed by atoms with Crippen molar-refractivity contribution in [2.75, 3.05) is 11.9 Å². The Morgan fingerprint density at radius 3 is 2.28 bits per heavy atom.